The van der Waals surface area contributed by atoms with Gasteiger partial charge in [-0.1, -0.05) is 6.07 Å². The number of ketones is 1. The van der Waals surface area contributed by atoms with Gasteiger partial charge in [-0.05, 0) is 24.6 Å². The number of hydrogen-bond donors (Lipinski definition) is 0. The van der Waals surface area contributed by atoms with E-state index in [4.69, 9.17) is 9.15 Å². The maximum absolute atomic E-state index is 11.5. The van der Waals surface area contributed by atoms with Crippen molar-refractivity contribution >= 4 is 16.9 Å². The van der Waals surface area contributed by atoms with E-state index < -0.39 is 0 Å². The topological polar surface area (TPSA) is 61.4 Å². The number of oxazole rings is 1. The molecule has 1 aliphatic rings. The van der Waals surface area contributed by atoms with Crippen LogP contribution in [-0.4, -0.2) is 23.6 Å². The molecule has 2 aromatic rings. The van der Waals surface area contributed by atoms with Crippen molar-refractivity contribution in [3.63, 3.8) is 0 Å². The molecule has 19 heavy (non-hydrogen) atoms. The first-order valence-corrected chi connectivity index (χ1v) is 6.19. The first kappa shape index (κ1) is 12.2. The van der Waals surface area contributed by atoms with Gasteiger partial charge in [0.1, 0.15) is 5.78 Å². The lowest BCUT2D eigenvalue weighted by Crippen LogP contribution is -2.47. The van der Waals surface area contributed by atoms with E-state index in [0.29, 0.717) is 25.2 Å². The lowest BCUT2D eigenvalue weighted by atomic mass is 9.75. The Labute approximate surface area is 109 Å². The summed E-state index contributed by atoms with van der Waals surface area (Å²) in [5, 5.41) is 0. The molecule has 1 aliphatic heterocycles. The van der Waals surface area contributed by atoms with Crippen LogP contribution in [0.4, 0.5) is 0 Å². The highest BCUT2D eigenvalue weighted by Crippen LogP contribution is 2.37. The number of fused-ring (bicyclic) bond motifs is 1. The van der Waals surface area contributed by atoms with Crippen LogP contribution in [0.5, 0.6) is 0 Å². The lowest BCUT2D eigenvalue weighted by Gasteiger charge is -2.41. The van der Waals surface area contributed by atoms with Crippen molar-refractivity contribution in [2.45, 2.75) is 18.8 Å². The Bertz CT molecular complexity index is 706. The van der Waals surface area contributed by atoms with E-state index in [1.54, 1.807) is 14.0 Å². The molecule has 1 saturated heterocycles. The van der Waals surface area contributed by atoms with Gasteiger partial charge >= 0.3 is 5.76 Å². The summed E-state index contributed by atoms with van der Waals surface area (Å²) < 4.78 is 11.9. The van der Waals surface area contributed by atoms with Crippen LogP contribution in [-0.2, 0) is 22.0 Å². The Kier molecular flexibility index (Phi) is 2.60. The molecule has 1 aromatic heterocycles. The van der Waals surface area contributed by atoms with E-state index >= 15 is 0 Å². The molecular weight excluding hydrogens is 246 g/mol. The molecule has 0 bridgehead atoms. The zero-order valence-corrected chi connectivity index (χ0v) is 10.9. The molecule has 0 atom stereocenters. The summed E-state index contributed by atoms with van der Waals surface area (Å²) in [6.45, 7) is 2.66. The molecule has 3 rings (SSSR count). The monoisotopic (exact) mass is 261 g/mol. The molecule has 0 radical (unpaired) electrons. The highest BCUT2D eigenvalue weighted by atomic mass is 16.5. The van der Waals surface area contributed by atoms with Crippen LogP contribution in [0.1, 0.15) is 18.9 Å². The zero-order valence-electron chi connectivity index (χ0n) is 10.9. The molecule has 0 unspecified atom stereocenters. The minimum Gasteiger partial charge on any atom is -0.408 e. The van der Waals surface area contributed by atoms with Crippen molar-refractivity contribution in [2.24, 2.45) is 7.05 Å². The van der Waals surface area contributed by atoms with Gasteiger partial charge in [-0.3, -0.25) is 9.36 Å². The number of ether oxygens (including phenoxy) is 1. The average molecular weight is 261 g/mol. The predicted octanol–water partition coefficient (Wildman–Crippen LogP) is 1.38. The summed E-state index contributed by atoms with van der Waals surface area (Å²) in [7, 11) is 1.67. The van der Waals surface area contributed by atoms with Gasteiger partial charge in [-0.15, -0.1) is 0 Å². The number of rotatable bonds is 3. The molecule has 0 aliphatic carbocycles. The summed E-state index contributed by atoms with van der Waals surface area (Å²) >= 11 is 0. The molecule has 0 N–H and O–H groups in total. The maximum atomic E-state index is 11.5. The third-order valence-corrected chi connectivity index (χ3v) is 3.75. The largest absolute Gasteiger partial charge is 0.419 e. The Morgan fingerprint density at radius 2 is 2.16 bits per heavy atom. The van der Waals surface area contributed by atoms with Gasteiger partial charge < -0.3 is 9.15 Å². The maximum Gasteiger partial charge on any atom is 0.419 e. The molecule has 0 saturated carbocycles. The van der Waals surface area contributed by atoms with Crippen LogP contribution in [0, 0.1) is 0 Å². The van der Waals surface area contributed by atoms with Crippen LogP contribution >= 0.6 is 0 Å². The average Bonchev–Trinajstić information content (AvgIpc) is 2.59. The fourth-order valence-corrected chi connectivity index (χ4v) is 2.66. The van der Waals surface area contributed by atoms with E-state index in [1.165, 1.54) is 4.57 Å². The standard InChI is InChI=1S/C14H15NO4/c1-9(16)6-14(7-18-8-14)10-3-4-11-12(5-10)19-13(17)15(11)2/h3-5H,6-8H2,1-2H3. The molecule has 1 aromatic carbocycles. The van der Waals surface area contributed by atoms with E-state index in [9.17, 15) is 9.59 Å². The highest BCUT2D eigenvalue weighted by Gasteiger charge is 2.41. The van der Waals surface area contributed by atoms with Gasteiger partial charge in [0.25, 0.3) is 0 Å². The molecule has 5 heteroatoms. The quantitative estimate of drug-likeness (QED) is 0.837. The van der Waals surface area contributed by atoms with E-state index in [0.717, 1.165) is 11.1 Å². The van der Waals surface area contributed by atoms with Gasteiger partial charge in [0, 0.05) is 18.9 Å². The van der Waals surface area contributed by atoms with Gasteiger partial charge in [-0.25, -0.2) is 4.79 Å². The molecule has 2 heterocycles. The van der Waals surface area contributed by atoms with E-state index in [-0.39, 0.29) is 17.0 Å². The van der Waals surface area contributed by atoms with Crippen LogP contribution in [0.25, 0.3) is 11.1 Å². The SMILES string of the molecule is CC(=O)CC1(c2ccc3c(c2)oc(=O)n3C)COC1. The number of nitrogens with zero attached hydrogens (tertiary/aromatic N) is 1. The van der Waals surface area contributed by atoms with Crippen molar-refractivity contribution in [3.05, 3.63) is 34.3 Å². The third kappa shape index (κ3) is 1.81. The van der Waals surface area contributed by atoms with Crippen molar-refractivity contribution in [2.75, 3.05) is 13.2 Å². The zero-order chi connectivity index (χ0) is 13.6. The fourth-order valence-electron chi connectivity index (χ4n) is 2.66. The molecule has 5 nitrogen and oxygen atoms in total. The fraction of sp³-hybridized carbons (Fsp3) is 0.429. The molecule has 1 fully saturated rings. The molecule has 0 spiro atoms. The summed E-state index contributed by atoms with van der Waals surface area (Å²) in [5.74, 6) is -0.240. The molecular formula is C14H15NO4. The minimum absolute atomic E-state index is 0.137. The number of aromatic nitrogens is 1. The first-order valence-electron chi connectivity index (χ1n) is 6.19. The minimum atomic E-state index is -0.377. The number of Topliss-reactive ketones (excluding diaryl/α,β-unsaturated/α-hetero) is 1. The summed E-state index contributed by atoms with van der Waals surface area (Å²) in [6.07, 6.45) is 0.454. The number of hydrogen-bond acceptors (Lipinski definition) is 4. The summed E-state index contributed by atoms with van der Waals surface area (Å²) in [6, 6.07) is 5.65. The van der Waals surface area contributed by atoms with Gasteiger partial charge in [0.05, 0.1) is 18.7 Å². The van der Waals surface area contributed by atoms with Gasteiger partial charge in [-0.2, -0.15) is 0 Å². The van der Waals surface area contributed by atoms with Crippen LogP contribution in [0.15, 0.2) is 27.4 Å². The summed E-state index contributed by atoms with van der Waals surface area (Å²) in [4.78, 5) is 22.9. The first-order chi connectivity index (χ1) is 9.02. The number of benzene rings is 1. The number of carbonyl (C=O) groups excluding carboxylic acids is 1. The highest BCUT2D eigenvalue weighted by molar-refractivity contribution is 5.79. The predicted molar refractivity (Wildman–Crippen MR) is 69.3 cm³/mol. The normalized spacial score (nSPS) is 17.4. The second kappa shape index (κ2) is 4.06. The molecule has 100 valence electrons. The van der Waals surface area contributed by atoms with Gasteiger partial charge in [0.2, 0.25) is 0 Å². The third-order valence-electron chi connectivity index (χ3n) is 3.75. The van der Waals surface area contributed by atoms with E-state index in [1.807, 2.05) is 18.2 Å². The Morgan fingerprint density at radius 3 is 2.74 bits per heavy atom. The van der Waals surface area contributed by atoms with Crippen molar-refractivity contribution in [1.82, 2.24) is 4.57 Å². The van der Waals surface area contributed by atoms with Gasteiger partial charge in [0.15, 0.2) is 5.58 Å². The Balaban J connectivity index is 2.10. The molecule has 0 amide bonds. The number of aryl methyl sites for hydroxylation is 1. The number of carbonyl (C=O) groups is 1. The second-order valence-corrected chi connectivity index (χ2v) is 5.26. The van der Waals surface area contributed by atoms with Crippen molar-refractivity contribution < 1.29 is 13.9 Å². The van der Waals surface area contributed by atoms with Crippen molar-refractivity contribution in [1.29, 1.82) is 0 Å². The van der Waals surface area contributed by atoms with Crippen molar-refractivity contribution in [3.8, 4) is 0 Å². The van der Waals surface area contributed by atoms with Crippen LogP contribution in [0.2, 0.25) is 0 Å². The van der Waals surface area contributed by atoms with Crippen LogP contribution < -0.4 is 5.76 Å². The Hall–Kier alpha value is -1.88. The van der Waals surface area contributed by atoms with Crippen LogP contribution in [0.3, 0.4) is 0 Å². The lowest BCUT2D eigenvalue weighted by molar-refractivity contribution is -0.125. The van der Waals surface area contributed by atoms with E-state index in [2.05, 4.69) is 0 Å². The summed E-state index contributed by atoms with van der Waals surface area (Å²) in [5.41, 5.74) is 2.05. The second-order valence-electron chi connectivity index (χ2n) is 5.26. The smallest absolute Gasteiger partial charge is 0.408 e. The Morgan fingerprint density at radius 1 is 1.42 bits per heavy atom.